The first-order valence-corrected chi connectivity index (χ1v) is 15.8. The number of benzene rings is 4. The molecule has 1 aliphatic heterocycles. The van der Waals surface area contributed by atoms with Gasteiger partial charge in [-0.15, -0.1) is 0 Å². The van der Waals surface area contributed by atoms with Crippen molar-refractivity contribution in [2.24, 2.45) is 4.99 Å². The number of ether oxygens (including phenoxy) is 3. The van der Waals surface area contributed by atoms with E-state index in [2.05, 4.69) is 35.3 Å². The molecule has 8 heteroatoms. The fourth-order valence-electron chi connectivity index (χ4n) is 5.46. The molecule has 1 aliphatic rings. The molecule has 0 saturated heterocycles. The SMILES string of the molecule is CCOC(=O)C1=C(C)N=c2s/c(=C/c3ccc(OCc4ccc5ccccc5c4)cc3)c(=O)n2[C@@H]1c1ccccc1OC(C)C. The number of thiazole rings is 1. The molecule has 0 amide bonds. The van der Waals surface area contributed by atoms with Gasteiger partial charge in [0.15, 0.2) is 4.80 Å². The van der Waals surface area contributed by atoms with Gasteiger partial charge in [-0.2, -0.15) is 0 Å². The first kappa shape index (κ1) is 30.1. The summed E-state index contributed by atoms with van der Waals surface area (Å²) in [4.78, 5) is 32.5. The van der Waals surface area contributed by atoms with Crippen LogP contribution < -0.4 is 24.4 Å². The number of fused-ring (bicyclic) bond motifs is 2. The third-order valence-electron chi connectivity index (χ3n) is 7.49. The minimum absolute atomic E-state index is 0.0994. The molecule has 0 radical (unpaired) electrons. The molecule has 5 aromatic rings. The summed E-state index contributed by atoms with van der Waals surface area (Å²) in [6.07, 6.45) is 1.74. The van der Waals surface area contributed by atoms with Crippen molar-refractivity contribution < 1.29 is 19.0 Å². The van der Waals surface area contributed by atoms with E-state index in [0.717, 1.165) is 16.9 Å². The molecule has 228 valence electrons. The van der Waals surface area contributed by atoms with Crippen molar-refractivity contribution >= 4 is 34.2 Å². The van der Waals surface area contributed by atoms with Crippen LogP contribution in [0.3, 0.4) is 0 Å². The van der Waals surface area contributed by atoms with Crippen molar-refractivity contribution in [2.45, 2.75) is 46.4 Å². The number of rotatable bonds is 9. The molecule has 0 N–H and O–H groups in total. The van der Waals surface area contributed by atoms with Gasteiger partial charge in [-0.3, -0.25) is 9.36 Å². The highest BCUT2D eigenvalue weighted by atomic mass is 32.1. The maximum absolute atomic E-state index is 14.0. The van der Waals surface area contributed by atoms with E-state index in [-0.39, 0.29) is 18.3 Å². The van der Waals surface area contributed by atoms with E-state index in [1.807, 2.05) is 80.6 Å². The summed E-state index contributed by atoms with van der Waals surface area (Å²) in [5.41, 5.74) is 3.23. The minimum Gasteiger partial charge on any atom is -0.491 e. The van der Waals surface area contributed by atoms with E-state index >= 15 is 0 Å². The van der Waals surface area contributed by atoms with Crippen LogP contribution in [0.2, 0.25) is 0 Å². The summed E-state index contributed by atoms with van der Waals surface area (Å²) in [5.74, 6) is 0.831. The zero-order chi connectivity index (χ0) is 31.5. The van der Waals surface area contributed by atoms with Crippen LogP contribution in [0.4, 0.5) is 0 Å². The molecule has 1 aromatic heterocycles. The summed E-state index contributed by atoms with van der Waals surface area (Å²) < 4.78 is 19.7. The molecule has 0 spiro atoms. The van der Waals surface area contributed by atoms with Gasteiger partial charge in [0.2, 0.25) is 0 Å². The summed E-state index contributed by atoms with van der Waals surface area (Å²) in [6, 6.07) is 29.0. The second kappa shape index (κ2) is 13.0. The molecule has 7 nitrogen and oxygen atoms in total. The number of esters is 1. The Morgan fingerprint density at radius 1 is 0.978 bits per heavy atom. The van der Waals surface area contributed by atoms with E-state index in [1.165, 1.54) is 22.1 Å². The maximum atomic E-state index is 14.0. The first-order chi connectivity index (χ1) is 21.8. The van der Waals surface area contributed by atoms with Crippen molar-refractivity contribution in [3.05, 3.63) is 139 Å². The van der Waals surface area contributed by atoms with Crippen molar-refractivity contribution in [1.82, 2.24) is 4.57 Å². The lowest BCUT2D eigenvalue weighted by Gasteiger charge is -2.26. The Kier molecular flexibility index (Phi) is 8.67. The van der Waals surface area contributed by atoms with Crippen molar-refractivity contribution in [2.75, 3.05) is 6.61 Å². The predicted octanol–water partition coefficient (Wildman–Crippen LogP) is 6.32. The number of hydrogen-bond donors (Lipinski definition) is 0. The van der Waals surface area contributed by atoms with Crippen LogP contribution in [0.1, 0.15) is 50.4 Å². The Labute approximate surface area is 265 Å². The molecular formula is C37H34N2O5S. The normalized spacial score (nSPS) is 14.8. The number of carbonyl (C=O) groups is 1. The van der Waals surface area contributed by atoms with Crippen molar-refractivity contribution in [3.8, 4) is 11.5 Å². The summed E-state index contributed by atoms with van der Waals surface area (Å²) in [5, 5.41) is 2.38. The third-order valence-corrected chi connectivity index (χ3v) is 8.47. The standard InChI is InChI=1S/C37H34N2O5S/c1-5-42-36(41)33-24(4)38-37-39(34(33)30-12-8-9-13-31(30)44-23(2)3)35(40)32(45-37)21-25-15-18-29(19-16-25)43-22-26-14-17-27-10-6-7-11-28(27)20-26/h6-21,23,34H,5,22H2,1-4H3/b32-21+/t34-/m1/s1. The van der Waals surface area contributed by atoms with E-state index in [9.17, 15) is 9.59 Å². The van der Waals surface area contributed by atoms with Gasteiger partial charge in [-0.1, -0.05) is 78.1 Å². The number of allylic oxidation sites excluding steroid dienone is 1. The summed E-state index contributed by atoms with van der Waals surface area (Å²) in [6.45, 7) is 8.07. The lowest BCUT2D eigenvalue weighted by molar-refractivity contribution is -0.139. The monoisotopic (exact) mass is 618 g/mol. The zero-order valence-corrected chi connectivity index (χ0v) is 26.5. The molecule has 0 unspecified atom stereocenters. The molecule has 0 saturated carbocycles. The smallest absolute Gasteiger partial charge is 0.338 e. The van der Waals surface area contributed by atoms with Gasteiger partial charge in [0.1, 0.15) is 24.1 Å². The molecule has 1 atom stereocenters. The molecule has 2 heterocycles. The Morgan fingerprint density at radius 2 is 1.71 bits per heavy atom. The second-order valence-corrected chi connectivity index (χ2v) is 12.1. The topological polar surface area (TPSA) is 79.1 Å². The molecule has 45 heavy (non-hydrogen) atoms. The van der Waals surface area contributed by atoms with E-state index in [1.54, 1.807) is 18.4 Å². The van der Waals surface area contributed by atoms with Gasteiger partial charge in [0, 0.05) is 5.56 Å². The summed E-state index contributed by atoms with van der Waals surface area (Å²) in [7, 11) is 0. The zero-order valence-electron chi connectivity index (χ0n) is 25.7. The van der Waals surface area contributed by atoms with E-state index < -0.39 is 12.0 Å². The second-order valence-electron chi connectivity index (χ2n) is 11.0. The van der Waals surface area contributed by atoms with Crippen molar-refractivity contribution in [3.63, 3.8) is 0 Å². The van der Waals surface area contributed by atoms with Crippen LogP contribution in [-0.4, -0.2) is 23.2 Å². The minimum atomic E-state index is -0.747. The van der Waals surface area contributed by atoms with Crippen LogP contribution in [0, 0.1) is 0 Å². The highest BCUT2D eigenvalue weighted by molar-refractivity contribution is 7.07. The van der Waals surface area contributed by atoms with Gasteiger partial charge in [0.25, 0.3) is 5.56 Å². The Hall–Kier alpha value is -4.95. The average Bonchev–Trinajstić information content (AvgIpc) is 3.33. The van der Waals surface area contributed by atoms with Crippen LogP contribution >= 0.6 is 11.3 Å². The molecular weight excluding hydrogens is 584 g/mol. The Morgan fingerprint density at radius 3 is 2.47 bits per heavy atom. The summed E-state index contributed by atoms with van der Waals surface area (Å²) >= 11 is 1.29. The predicted molar refractivity (Wildman–Crippen MR) is 177 cm³/mol. The van der Waals surface area contributed by atoms with Gasteiger partial charge >= 0.3 is 5.97 Å². The number of nitrogens with zero attached hydrogens (tertiary/aromatic N) is 2. The van der Waals surface area contributed by atoms with Crippen LogP contribution in [0.25, 0.3) is 16.8 Å². The highest BCUT2D eigenvalue weighted by Gasteiger charge is 2.35. The van der Waals surface area contributed by atoms with Gasteiger partial charge in [-0.25, -0.2) is 9.79 Å². The number of hydrogen-bond acceptors (Lipinski definition) is 7. The molecule has 0 aliphatic carbocycles. The number of aromatic nitrogens is 1. The van der Waals surface area contributed by atoms with Crippen molar-refractivity contribution in [1.29, 1.82) is 0 Å². The van der Waals surface area contributed by atoms with Gasteiger partial charge in [0.05, 0.1) is 28.5 Å². The van der Waals surface area contributed by atoms with Gasteiger partial charge < -0.3 is 14.2 Å². The average molecular weight is 619 g/mol. The quantitative estimate of drug-likeness (QED) is 0.181. The maximum Gasteiger partial charge on any atom is 0.338 e. The van der Waals surface area contributed by atoms with E-state index in [4.69, 9.17) is 14.2 Å². The number of para-hydroxylation sites is 1. The Bertz CT molecular complexity index is 2090. The number of carbonyl (C=O) groups excluding carboxylic acids is 1. The third kappa shape index (κ3) is 6.33. The fraction of sp³-hybridized carbons (Fsp3) is 0.216. The molecule has 6 rings (SSSR count). The molecule has 0 bridgehead atoms. The van der Waals surface area contributed by atoms with Crippen LogP contribution in [-0.2, 0) is 16.1 Å². The highest BCUT2D eigenvalue weighted by Crippen LogP contribution is 2.36. The van der Waals surface area contributed by atoms with Gasteiger partial charge in [-0.05, 0) is 79.9 Å². The van der Waals surface area contributed by atoms with Crippen LogP contribution in [0.15, 0.2) is 112 Å². The van der Waals surface area contributed by atoms with Crippen LogP contribution in [0.5, 0.6) is 11.5 Å². The first-order valence-electron chi connectivity index (χ1n) is 15.0. The lowest BCUT2D eigenvalue weighted by atomic mass is 9.95. The van der Waals surface area contributed by atoms with E-state index in [0.29, 0.717) is 38.5 Å². The Balaban J connectivity index is 1.33. The molecule has 0 fully saturated rings. The molecule has 4 aromatic carbocycles. The fourth-order valence-corrected chi connectivity index (χ4v) is 6.51. The largest absolute Gasteiger partial charge is 0.491 e. The lowest BCUT2D eigenvalue weighted by Crippen LogP contribution is -2.40.